The van der Waals surface area contributed by atoms with E-state index in [2.05, 4.69) is 0 Å². The Bertz CT molecular complexity index is 752. The van der Waals surface area contributed by atoms with Crippen molar-refractivity contribution < 1.29 is 9.59 Å². The van der Waals surface area contributed by atoms with E-state index in [4.69, 9.17) is 5.26 Å². The van der Waals surface area contributed by atoms with Gasteiger partial charge in [-0.25, -0.2) is 0 Å². The summed E-state index contributed by atoms with van der Waals surface area (Å²) in [6.45, 7) is 1.93. The molecule has 0 saturated heterocycles. The van der Waals surface area contributed by atoms with Crippen molar-refractivity contribution in [3.8, 4) is 5.40 Å². The summed E-state index contributed by atoms with van der Waals surface area (Å²) in [5.74, 6) is -0.614. The Labute approximate surface area is 126 Å². The lowest BCUT2D eigenvalue weighted by Crippen LogP contribution is -2.34. The Morgan fingerprint density at radius 3 is 1.95 bits per heavy atom. The highest BCUT2D eigenvalue weighted by Gasteiger charge is 2.55. The van der Waals surface area contributed by atoms with Crippen LogP contribution in [0.3, 0.4) is 0 Å². The summed E-state index contributed by atoms with van der Waals surface area (Å²) in [4.78, 5) is 25.6. The molecule has 21 heavy (non-hydrogen) atoms. The van der Waals surface area contributed by atoms with E-state index in [9.17, 15) is 9.59 Å². The van der Waals surface area contributed by atoms with Crippen molar-refractivity contribution in [1.29, 1.82) is 5.26 Å². The van der Waals surface area contributed by atoms with E-state index in [1.807, 2.05) is 24.5 Å². The van der Waals surface area contributed by atoms with Gasteiger partial charge in [0.25, 0.3) is 0 Å². The van der Waals surface area contributed by atoms with E-state index >= 15 is 0 Å². The Kier molecular flexibility index (Phi) is 3.15. The number of hydrogen-bond donors (Lipinski definition) is 0. The maximum atomic E-state index is 12.8. The molecule has 102 valence electrons. The molecule has 3 nitrogen and oxygen atoms in total. The number of carbonyl (C=O) groups excluding carboxylic acids is 2. The van der Waals surface area contributed by atoms with E-state index in [1.165, 1.54) is 0 Å². The predicted octanol–water partition coefficient (Wildman–Crippen LogP) is 3.48. The number of aryl methyl sites for hydroxylation is 1. The average Bonchev–Trinajstić information content (AvgIpc) is 2.72. The van der Waals surface area contributed by atoms with Crippen LogP contribution >= 0.6 is 11.8 Å². The lowest BCUT2D eigenvalue weighted by atomic mass is 9.92. The number of carbonyl (C=O) groups is 2. The molecule has 0 bridgehead atoms. The molecule has 0 saturated carbocycles. The van der Waals surface area contributed by atoms with Gasteiger partial charge in [0.15, 0.2) is 16.3 Å². The van der Waals surface area contributed by atoms with Gasteiger partial charge < -0.3 is 0 Å². The van der Waals surface area contributed by atoms with Gasteiger partial charge in [0, 0.05) is 11.1 Å². The molecule has 0 unspecified atom stereocenters. The topological polar surface area (TPSA) is 57.9 Å². The number of fused-ring (bicyclic) bond motifs is 1. The fourth-order valence-corrected chi connectivity index (χ4v) is 3.43. The molecular formula is C17H11NO2S. The third kappa shape index (κ3) is 1.82. The van der Waals surface area contributed by atoms with Gasteiger partial charge in [-0.1, -0.05) is 54.1 Å². The third-order valence-corrected chi connectivity index (χ3v) is 4.72. The molecule has 0 atom stereocenters. The Balaban J connectivity index is 2.25. The molecule has 2 aromatic carbocycles. The standard InChI is InChI=1S/C17H11NO2S/c1-11-6-8-12(9-7-11)17(21-10-18)15(19)13-4-2-3-5-14(13)16(17)20/h2-9H,1H3. The largest absolute Gasteiger partial charge is 0.292 e. The molecule has 0 aromatic heterocycles. The number of ketones is 2. The molecular weight excluding hydrogens is 282 g/mol. The zero-order chi connectivity index (χ0) is 15.0. The van der Waals surface area contributed by atoms with Gasteiger partial charge in [0.05, 0.1) is 0 Å². The molecule has 0 radical (unpaired) electrons. The van der Waals surface area contributed by atoms with Crippen LogP contribution < -0.4 is 0 Å². The number of hydrogen-bond acceptors (Lipinski definition) is 4. The zero-order valence-corrected chi connectivity index (χ0v) is 12.1. The summed E-state index contributed by atoms with van der Waals surface area (Å²) in [7, 11) is 0. The highest BCUT2D eigenvalue weighted by Crippen LogP contribution is 2.47. The number of thiocyanates is 1. The van der Waals surface area contributed by atoms with Gasteiger partial charge in [0.1, 0.15) is 5.40 Å². The van der Waals surface area contributed by atoms with Crippen LogP contribution in [0.15, 0.2) is 48.5 Å². The van der Waals surface area contributed by atoms with Gasteiger partial charge in [0.2, 0.25) is 0 Å². The molecule has 0 amide bonds. The van der Waals surface area contributed by atoms with Gasteiger partial charge in [-0.15, -0.1) is 0 Å². The van der Waals surface area contributed by atoms with Crippen LogP contribution in [-0.2, 0) is 4.75 Å². The van der Waals surface area contributed by atoms with Crippen molar-refractivity contribution in [2.75, 3.05) is 0 Å². The number of benzene rings is 2. The van der Waals surface area contributed by atoms with Crippen LogP contribution in [0.4, 0.5) is 0 Å². The summed E-state index contributed by atoms with van der Waals surface area (Å²) >= 11 is 0.725. The first-order valence-corrected chi connectivity index (χ1v) is 7.26. The second kappa shape index (κ2) is 4.87. The minimum atomic E-state index is -1.47. The van der Waals surface area contributed by atoms with Crippen LogP contribution in [0, 0.1) is 17.6 Å². The molecule has 4 heteroatoms. The van der Waals surface area contributed by atoms with Crippen molar-refractivity contribution in [2.24, 2.45) is 0 Å². The number of rotatable bonds is 2. The first-order chi connectivity index (χ1) is 10.1. The smallest absolute Gasteiger partial charge is 0.193 e. The first-order valence-electron chi connectivity index (χ1n) is 6.44. The van der Waals surface area contributed by atoms with Crippen molar-refractivity contribution in [3.05, 3.63) is 70.8 Å². The predicted molar refractivity (Wildman–Crippen MR) is 81.2 cm³/mol. The highest BCUT2D eigenvalue weighted by molar-refractivity contribution is 8.06. The molecule has 1 aliphatic rings. The summed E-state index contributed by atoms with van der Waals surface area (Å²) in [6, 6.07) is 13.9. The van der Waals surface area contributed by atoms with E-state index in [0.29, 0.717) is 16.7 Å². The van der Waals surface area contributed by atoms with Crippen molar-refractivity contribution in [2.45, 2.75) is 11.7 Å². The summed E-state index contributed by atoms with van der Waals surface area (Å²) < 4.78 is -1.47. The number of thioether (sulfide) groups is 1. The van der Waals surface area contributed by atoms with Gasteiger partial charge in [-0.3, -0.25) is 9.59 Å². The summed E-state index contributed by atoms with van der Waals surface area (Å²) in [5.41, 5.74) is 2.38. The second-order valence-electron chi connectivity index (χ2n) is 4.94. The molecule has 0 fully saturated rings. The van der Waals surface area contributed by atoms with Gasteiger partial charge in [-0.05, 0) is 24.2 Å². The molecule has 1 aliphatic carbocycles. The third-order valence-electron chi connectivity index (χ3n) is 3.71. The maximum Gasteiger partial charge on any atom is 0.193 e. The fourth-order valence-electron chi connectivity index (χ4n) is 2.63. The molecule has 0 spiro atoms. The van der Waals surface area contributed by atoms with Crippen LogP contribution in [0.1, 0.15) is 31.8 Å². The minimum Gasteiger partial charge on any atom is -0.292 e. The van der Waals surface area contributed by atoms with E-state index in [1.54, 1.807) is 36.4 Å². The number of nitrogens with zero attached hydrogens (tertiary/aromatic N) is 1. The van der Waals surface area contributed by atoms with E-state index in [-0.39, 0.29) is 11.6 Å². The SMILES string of the molecule is Cc1ccc(C2(SC#N)C(=O)c3ccccc3C2=O)cc1. The number of Topliss-reactive ketones (excluding diaryl/α,β-unsaturated/α-hetero) is 2. The molecule has 2 aromatic rings. The highest BCUT2D eigenvalue weighted by atomic mass is 32.2. The minimum absolute atomic E-state index is 0.307. The first kappa shape index (κ1) is 13.6. The average molecular weight is 293 g/mol. The monoisotopic (exact) mass is 293 g/mol. The quantitative estimate of drug-likeness (QED) is 0.628. The van der Waals surface area contributed by atoms with Crippen LogP contribution in [0.25, 0.3) is 0 Å². The number of nitriles is 1. The van der Waals surface area contributed by atoms with Gasteiger partial charge in [-0.2, -0.15) is 5.26 Å². The van der Waals surface area contributed by atoms with E-state index < -0.39 is 4.75 Å². The lowest BCUT2D eigenvalue weighted by molar-refractivity contribution is 0.0867. The van der Waals surface area contributed by atoms with E-state index in [0.717, 1.165) is 17.3 Å². The van der Waals surface area contributed by atoms with Gasteiger partial charge >= 0.3 is 0 Å². The fraction of sp³-hybridized carbons (Fsp3) is 0.118. The normalized spacial score (nSPS) is 15.6. The molecule has 0 aliphatic heterocycles. The Morgan fingerprint density at radius 1 is 0.952 bits per heavy atom. The van der Waals surface area contributed by atoms with Crippen LogP contribution in [0.2, 0.25) is 0 Å². The molecule has 0 N–H and O–H groups in total. The zero-order valence-electron chi connectivity index (χ0n) is 11.3. The van der Waals surface area contributed by atoms with Crippen LogP contribution in [0.5, 0.6) is 0 Å². The lowest BCUT2D eigenvalue weighted by Gasteiger charge is -2.22. The molecule has 0 heterocycles. The molecule has 3 rings (SSSR count). The maximum absolute atomic E-state index is 12.8. The van der Waals surface area contributed by atoms with Crippen LogP contribution in [-0.4, -0.2) is 11.6 Å². The Hall–Kier alpha value is -2.38. The summed E-state index contributed by atoms with van der Waals surface area (Å²) in [6.07, 6.45) is 0. The summed E-state index contributed by atoms with van der Waals surface area (Å²) in [5, 5.41) is 11.1. The Morgan fingerprint density at radius 2 is 1.48 bits per heavy atom. The van der Waals surface area contributed by atoms with Crippen molar-refractivity contribution in [3.63, 3.8) is 0 Å². The van der Waals surface area contributed by atoms with Crippen molar-refractivity contribution >= 4 is 23.3 Å². The van der Waals surface area contributed by atoms with Crippen molar-refractivity contribution in [1.82, 2.24) is 0 Å². The second-order valence-corrected chi connectivity index (χ2v) is 5.94.